The smallest absolute Gasteiger partial charge is 0.0230 e. The number of hydrogen-bond donors (Lipinski definition) is 1. The van der Waals surface area contributed by atoms with Crippen molar-refractivity contribution in [2.24, 2.45) is 0 Å². The summed E-state index contributed by atoms with van der Waals surface area (Å²) in [7, 11) is 2.21. The number of nitrogens with one attached hydrogen (secondary N) is 1. The number of halogens is 1. The van der Waals surface area contributed by atoms with Crippen molar-refractivity contribution in [3.05, 3.63) is 34.3 Å². The van der Waals surface area contributed by atoms with Crippen LogP contribution < -0.4 is 5.32 Å². The first-order valence-corrected chi connectivity index (χ1v) is 8.65. The zero-order valence-corrected chi connectivity index (χ0v) is 14.6. The number of benzene rings is 1. The van der Waals surface area contributed by atoms with E-state index in [1.54, 1.807) is 0 Å². The van der Waals surface area contributed by atoms with E-state index in [2.05, 4.69) is 64.4 Å². The summed E-state index contributed by atoms with van der Waals surface area (Å²) in [5.41, 5.74) is 1.39. The summed E-state index contributed by atoms with van der Waals surface area (Å²) in [6, 6.07) is 8.62. The summed E-state index contributed by atoms with van der Waals surface area (Å²) >= 11 is 3.47. The molecule has 0 aliphatic heterocycles. The van der Waals surface area contributed by atoms with Gasteiger partial charge in [0.25, 0.3) is 0 Å². The first-order chi connectivity index (χ1) is 9.72. The highest BCUT2D eigenvalue weighted by molar-refractivity contribution is 9.10. The Morgan fingerprint density at radius 3 is 2.40 bits per heavy atom. The van der Waals surface area contributed by atoms with Crippen LogP contribution in [0.25, 0.3) is 0 Å². The molecular weight excluding hydrogens is 312 g/mol. The molecule has 1 rings (SSSR count). The number of rotatable bonds is 11. The molecule has 1 N–H and O–H groups in total. The van der Waals surface area contributed by atoms with E-state index in [0.717, 1.165) is 17.6 Å². The Bertz CT molecular complexity index is 337. The largest absolute Gasteiger partial charge is 0.317 e. The standard InChI is InChI=1S/C17H29BrN2/c1-3-12-19-13-6-4-5-7-14-20(2)15-16-8-10-17(18)11-9-16/h8-11,19H,3-7,12-15H2,1-2H3. The molecule has 1 aromatic carbocycles. The van der Waals surface area contributed by atoms with Crippen molar-refractivity contribution < 1.29 is 0 Å². The van der Waals surface area contributed by atoms with Gasteiger partial charge in [-0.2, -0.15) is 0 Å². The van der Waals surface area contributed by atoms with Gasteiger partial charge in [0.15, 0.2) is 0 Å². The quantitative estimate of drug-likeness (QED) is 0.599. The summed E-state index contributed by atoms with van der Waals surface area (Å²) in [6.07, 6.45) is 6.55. The fraction of sp³-hybridized carbons (Fsp3) is 0.647. The van der Waals surface area contributed by atoms with E-state index < -0.39 is 0 Å². The Hall–Kier alpha value is -0.380. The maximum absolute atomic E-state index is 3.47. The fourth-order valence-corrected chi connectivity index (χ4v) is 2.53. The zero-order chi connectivity index (χ0) is 14.6. The molecule has 0 radical (unpaired) electrons. The highest BCUT2D eigenvalue weighted by Gasteiger charge is 2.00. The first-order valence-electron chi connectivity index (χ1n) is 7.86. The Morgan fingerprint density at radius 1 is 1.00 bits per heavy atom. The van der Waals surface area contributed by atoms with E-state index >= 15 is 0 Å². The molecule has 0 aliphatic rings. The Morgan fingerprint density at radius 2 is 1.70 bits per heavy atom. The van der Waals surface area contributed by atoms with Crippen LogP contribution in [0.1, 0.15) is 44.6 Å². The average molecular weight is 341 g/mol. The van der Waals surface area contributed by atoms with Gasteiger partial charge >= 0.3 is 0 Å². The van der Waals surface area contributed by atoms with Gasteiger partial charge in [-0.05, 0) is 63.6 Å². The highest BCUT2D eigenvalue weighted by Crippen LogP contribution is 2.12. The van der Waals surface area contributed by atoms with Crippen LogP contribution >= 0.6 is 15.9 Å². The van der Waals surface area contributed by atoms with Crippen molar-refractivity contribution in [3.8, 4) is 0 Å². The molecule has 3 heteroatoms. The van der Waals surface area contributed by atoms with Crippen molar-refractivity contribution in [1.29, 1.82) is 0 Å². The molecule has 0 saturated carbocycles. The second-order valence-corrected chi connectivity index (χ2v) is 6.44. The minimum absolute atomic E-state index is 1.05. The molecule has 0 bridgehead atoms. The molecule has 0 heterocycles. The molecule has 2 nitrogen and oxygen atoms in total. The van der Waals surface area contributed by atoms with Gasteiger partial charge in [0.1, 0.15) is 0 Å². The van der Waals surface area contributed by atoms with Crippen molar-refractivity contribution in [1.82, 2.24) is 10.2 Å². The Balaban J connectivity index is 2.00. The monoisotopic (exact) mass is 340 g/mol. The number of hydrogen-bond acceptors (Lipinski definition) is 2. The van der Waals surface area contributed by atoms with Gasteiger partial charge in [-0.15, -0.1) is 0 Å². The maximum Gasteiger partial charge on any atom is 0.0230 e. The van der Waals surface area contributed by atoms with Gasteiger partial charge in [-0.1, -0.05) is 47.8 Å². The van der Waals surface area contributed by atoms with E-state index in [-0.39, 0.29) is 0 Å². The second-order valence-electron chi connectivity index (χ2n) is 5.53. The normalized spacial score (nSPS) is 11.2. The molecule has 0 saturated heterocycles. The van der Waals surface area contributed by atoms with Crippen molar-refractivity contribution >= 4 is 15.9 Å². The van der Waals surface area contributed by atoms with Crippen LogP contribution in [-0.4, -0.2) is 31.6 Å². The number of unbranched alkanes of at least 4 members (excludes halogenated alkanes) is 3. The molecule has 114 valence electrons. The lowest BCUT2D eigenvalue weighted by molar-refractivity contribution is 0.316. The maximum atomic E-state index is 3.47. The van der Waals surface area contributed by atoms with E-state index in [4.69, 9.17) is 0 Å². The summed E-state index contributed by atoms with van der Waals surface area (Å²) in [6.45, 7) is 6.80. The Labute approximate surface area is 133 Å². The van der Waals surface area contributed by atoms with E-state index in [1.807, 2.05) is 0 Å². The van der Waals surface area contributed by atoms with Gasteiger partial charge in [0.2, 0.25) is 0 Å². The van der Waals surface area contributed by atoms with Crippen LogP contribution in [0.2, 0.25) is 0 Å². The molecule has 0 spiro atoms. The van der Waals surface area contributed by atoms with Crippen LogP contribution in [0, 0.1) is 0 Å². The molecule has 0 aliphatic carbocycles. The topological polar surface area (TPSA) is 15.3 Å². The van der Waals surface area contributed by atoms with Crippen molar-refractivity contribution in [2.75, 3.05) is 26.7 Å². The van der Waals surface area contributed by atoms with Crippen LogP contribution in [0.3, 0.4) is 0 Å². The summed E-state index contributed by atoms with van der Waals surface area (Å²) in [4.78, 5) is 2.42. The van der Waals surface area contributed by atoms with Crippen LogP contribution in [-0.2, 0) is 6.54 Å². The fourth-order valence-electron chi connectivity index (χ4n) is 2.27. The van der Waals surface area contributed by atoms with Crippen LogP contribution in [0.15, 0.2) is 28.7 Å². The number of nitrogens with zero attached hydrogens (tertiary/aromatic N) is 1. The molecule has 1 aromatic rings. The lowest BCUT2D eigenvalue weighted by Crippen LogP contribution is -2.19. The SMILES string of the molecule is CCCNCCCCCCN(C)Cc1ccc(Br)cc1. The minimum Gasteiger partial charge on any atom is -0.317 e. The van der Waals surface area contributed by atoms with Gasteiger partial charge in [-0.25, -0.2) is 0 Å². The Kier molecular flexibility index (Phi) is 9.98. The summed E-state index contributed by atoms with van der Waals surface area (Å²) in [5, 5.41) is 3.46. The molecule has 0 unspecified atom stereocenters. The van der Waals surface area contributed by atoms with Gasteiger partial charge in [-0.3, -0.25) is 0 Å². The van der Waals surface area contributed by atoms with E-state index in [1.165, 1.54) is 50.8 Å². The van der Waals surface area contributed by atoms with Crippen molar-refractivity contribution in [3.63, 3.8) is 0 Å². The van der Waals surface area contributed by atoms with Gasteiger partial charge in [0, 0.05) is 11.0 Å². The molecule has 0 fully saturated rings. The van der Waals surface area contributed by atoms with Crippen molar-refractivity contribution in [2.45, 2.75) is 45.6 Å². The first kappa shape index (κ1) is 17.7. The molecular formula is C17H29BrN2. The lowest BCUT2D eigenvalue weighted by atomic mass is 10.1. The molecule has 0 aromatic heterocycles. The van der Waals surface area contributed by atoms with E-state index in [0.29, 0.717) is 0 Å². The second kappa shape index (κ2) is 11.3. The predicted molar refractivity (Wildman–Crippen MR) is 92.1 cm³/mol. The van der Waals surface area contributed by atoms with Crippen LogP contribution in [0.4, 0.5) is 0 Å². The van der Waals surface area contributed by atoms with Crippen LogP contribution in [0.5, 0.6) is 0 Å². The highest BCUT2D eigenvalue weighted by atomic mass is 79.9. The zero-order valence-electron chi connectivity index (χ0n) is 13.0. The minimum atomic E-state index is 1.05. The van der Waals surface area contributed by atoms with E-state index in [9.17, 15) is 0 Å². The third-order valence-corrected chi connectivity index (χ3v) is 3.96. The molecule has 0 atom stereocenters. The van der Waals surface area contributed by atoms with Gasteiger partial charge in [0.05, 0.1) is 0 Å². The summed E-state index contributed by atoms with van der Waals surface area (Å²) < 4.78 is 1.15. The molecule has 0 amide bonds. The summed E-state index contributed by atoms with van der Waals surface area (Å²) in [5.74, 6) is 0. The third kappa shape index (κ3) is 8.72. The lowest BCUT2D eigenvalue weighted by Gasteiger charge is -2.16. The predicted octanol–water partition coefficient (Wildman–Crippen LogP) is 4.44. The third-order valence-electron chi connectivity index (χ3n) is 3.44. The van der Waals surface area contributed by atoms with Gasteiger partial charge < -0.3 is 10.2 Å². The average Bonchev–Trinajstić information content (AvgIpc) is 2.44. The molecule has 20 heavy (non-hydrogen) atoms.